The number of halogens is 1. The fourth-order valence-corrected chi connectivity index (χ4v) is 2.31. The summed E-state index contributed by atoms with van der Waals surface area (Å²) in [6.45, 7) is 3.86. The number of benzene rings is 1. The molecule has 1 heterocycles. The number of aryl methyl sites for hydroxylation is 1. The van der Waals surface area contributed by atoms with Gasteiger partial charge in [0.15, 0.2) is 6.10 Å². The van der Waals surface area contributed by atoms with Crippen molar-refractivity contribution in [1.82, 2.24) is 9.78 Å². The van der Waals surface area contributed by atoms with Crippen LogP contribution >= 0.6 is 11.6 Å². The van der Waals surface area contributed by atoms with E-state index in [1.165, 1.54) is 13.0 Å². The molecule has 1 atom stereocenters. The number of nitrogens with zero attached hydrogens (tertiary/aromatic N) is 3. The van der Waals surface area contributed by atoms with Crippen LogP contribution in [-0.2, 0) is 16.1 Å². The number of aromatic nitrogens is 2. The van der Waals surface area contributed by atoms with Gasteiger partial charge in [-0.05, 0) is 25.5 Å². The van der Waals surface area contributed by atoms with Crippen molar-refractivity contribution < 1.29 is 9.53 Å². The Balaban J connectivity index is 2.15. The number of hydrogen-bond donors (Lipinski definition) is 0. The largest absolute Gasteiger partial charge is 0.444 e. The van der Waals surface area contributed by atoms with Crippen molar-refractivity contribution in [3.63, 3.8) is 0 Å². The van der Waals surface area contributed by atoms with E-state index in [0.717, 1.165) is 5.56 Å². The summed E-state index contributed by atoms with van der Waals surface area (Å²) in [5.41, 5.74) is 2.45. The van der Waals surface area contributed by atoms with Crippen LogP contribution in [0.2, 0.25) is 5.15 Å². The maximum Gasteiger partial charge on any atom is 0.332 e. The van der Waals surface area contributed by atoms with Crippen molar-refractivity contribution in [2.45, 2.75) is 26.5 Å². The van der Waals surface area contributed by atoms with Crippen LogP contribution in [0.4, 0.5) is 0 Å². The van der Waals surface area contributed by atoms with Crippen LogP contribution in [-0.4, -0.2) is 21.9 Å². The van der Waals surface area contributed by atoms with Gasteiger partial charge in [-0.2, -0.15) is 10.4 Å². The average molecular weight is 330 g/mol. The highest BCUT2D eigenvalue weighted by atomic mass is 35.5. The Morgan fingerprint density at radius 2 is 2.17 bits per heavy atom. The number of hydrogen-bond acceptors (Lipinski definition) is 4. The van der Waals surface area contributed by atoms with Crippen molar-refractivity contribution >= 4 is 23.6 Å². The first-order chi connectivity index (χ1) is 11.0. The lowest BCUT2D eigenvalue weighted by atomic mass is 10.2. The zero-order valence-corrected chi connectivity index (χ0v) is 13.6. The van der Waals surface area contributed by atoms with Crippen LogP contribution < -0.4 is 0 Å². The molecule has 2 aromatic rings. The van der Waals surface area contributed by atoms with E-state index in [-0.39, 0.29) is 0 Å². The standard InChI is InChI=1S/C17H16ClN3O2/c1-12(10-19)23-16(22)9-8-15-13(2)20-21(17(15)18)11-14-6-4-3-5-7-14/h3-9,12H,11H2,1-2H3/b9-8+/t12-/m1/s1. The summed E-state index contributed by atoms with van der Waals surface area (Å²) in [6, 6.07) is 11.7. The number of nitriles is 1. The number of carbonyl (C=O) groups excluding carboxylic acids is 1. The first kappa shape index (κ1) is 16.8. The minimum atomic E-state index is -0.787. The van der Waals surface area contributed by atoms with Gasteiger partial charge in [0.1, 0.15) is 11.2 Å². The zero-order valence-electron chi connectivity index (χ0n) is 12.9. The van der Waals surface area contributed by atoms with Crippen LogP contribution in [0.15, 0.2) is 36.4 Å². The number of ether oxygens (including phenoxy) is 1. The van der Waals surface area contributed by atoms with Gasteiger partial charge in [0.05, 0.1) is 12.2 Å². The van der Waals surface area contributed by atoms with Crippen LogP contribution in [0.25, 0.3) is 6.08 Å². The second-order valence-electron chi connectivity index (χ2n) is 4.97. The molecule has 0 spiro atoms. The molecule has 1 aromatic heterocycles. The molecular weight excluding hydrogens is 314 g/mol. The highest BCUT2D eigenvalue weighted by Gasteiger charge is 2.12. The Bertz CT molecular complexity index is 760. The van der Waals surface area contributed by atoms with E-state index < -0.39 is 12.1 Å². The third-order valence-corrected chi connectivity index (χ3v) is 3.54. The van der Waals surface area contributed by atoms with Crippen molar-refractivity contribution in [1.29, 1.82) is 5.26 Å². The predicted octanol–water partition coefficient (Wildman–Crippen LogP) is 3.36. The quantitative estimate of drug-likeness (QED) is 0.623. The van der Waals surface area contributed by atoms with Gasteiger partial charge in [0.2, 0.25) is 0 Å². The molecule has 0 aliphatic heterocycles. The average Bonchev–Trinajstić information content (AvgIpc) is 2.80. The summed E-state index contributed by atoms with van der Waals surface area (Å²) < 4.78 is 6.52. The van der Waals surface area contributed by atoms with Gasteiger partial charge in [-0.3, -0.25) is 0 Å². The first-order valence-corrected chi connectivity index (χ1v) is 7.44. The lowest BCUT2D eigenvalue weighted by molar-refractivity contribution is -0.139. The monoisotopic (exact) mass is 329 g/mol. The molecule has 23 heavy (non-hydrogen) atoms. The SMILES string of the molecule is Cc1nn(Cc2ccccc2)c(Cl)c1/C=C/C(=O)O[C@H](C)C#N. The van der Waals surface area contributed by atoms with Crippen LogP contribution in [0.5, 0.6) is 0 Å². The van der Waals surface area contributed by atoms with Gasteiger partial charge in [0, 0.05) is 11.6 Å². The van der Waals surface area contributed by atoms with E-state index in [0.29, 0.717) is 23.0 Å². The van der Waals surface area contributed by atoms with Gasteiger partial charge < -0.3 is 4.74 Å². The van der Waals surface area contributed by atoms with Gasteiger partial charge in [-0.25, -0.2) is 9.48 Å². The fraction of sp³-hybridized carbons (Fsp3) is 0.235. The molecule has 118 valence electrons. The van der Waals surface area contributed by atoms with Gasteiger partial charge in [-0.15, -0.1) is 0 Å². The van der Waals surface area contributed by atoms with Gasteiger partial charge in [-0.1, -0.05) is 41.9 Å². The van der Waals surface area contributed by atoms with E-state index in [1.54, 1.807) is 10.8 Å². The highest BCUT2D eigenvalue weighted by Crippen LogP contribution is 2.22. The molecule has 0 saturated heterocycles. The summed E-state index contributed by atoms with van der Waals surface area (Å²) in [7, 11) is 0. The maximum absolute atomic E-state index is 11.6. The van der Waals surface area contributed by atoms with E-state index >= 15 is 0 Å². The van der Waals surface area contributed by atoms with E-state index in [2.05, 4.69) is 5.10 Å². The second kappa shape index (κ2) is 7.61. The lowest BCUT2D eigenvalue weighted by Crippen LogP contribution is -2.10. The van der Waals surface area contributed by atoms with E-state index in [1.807, 2.05) is 43.3 Å². The molecule has 2 rings (SSSR count). The van der Waals surface area contributed by atoms with Gasteiger partial charge in [0.25, 0.3) is 0 Å². The molecule has 0 aliphatic carbocycles. The Labute approximate surface area is 139 Å². The minimum Gasteiger partial charge on any atom is -0.444 e. The van der Waals surface area contributed by atoms with Crippen molar-refractivity contribution in [3.8, 4) is 6.07 Å². The summed E-state index contributed by atoms with van der Waals surface area (Å²) in [4.78, 5) is 11.6. The molecule has 0 bridgehead atoms. The van der Waals surface area contributed by atoms with Crippen molar-refractivity contribution in [2.75, 3.05) is 0 Å². The number of carbonyl (C=O) groups is 1. The highest BCUT2D eigenvalue weighted by molar-refractivity contribution is 6.31. The smallest absolute Gasteiger partial charge is 0.332 e. The molecule has 6 heteroatoms. The third-order valence-electron chi connectivity index (χ3n) is 3.15. The Morgan fingerprint density at radius 3 is 2.83 bits per heavy atom. The normalized spacial score (nSPS) is 12.1. The zero-order chi connectivity index (χ0) is 16.8. The van der Waals surface area contributed by atoms with Crippen LogP contribution in [0.1, 0.15) is 23.7 Å². The minimum absolute atomic E-state index is 0.448. The van der Waals surface area contributed by atoms with Crippen molar-refractivity contribution in [2.24, 2.45) is 0 Å². The molecule has 0 N–H and O–H groups in total. The Hall–Kier alpha value is -2.58. The van der Waals surface area contributed by atoms with E-state index in [9.17, 15) is 4.79 Å². The summed E-state index contributed by atoms with van der Waals surface area (Å²) in [5, 5.41) is 13.5. The molecule has 0 saturated carbocycles. The van der Waals surface area contributed by atoms with Gasteiger partial charge >= 0.3 is 5.97 Å². The first-order valence-electron chi connectivity index (χ1n) is 7.06. The van der Waals surface area contributed by atoms with Crippen molar-refractivity contribution in [3.05, 3.63) is 58.4 Å². The third kappa shape index (κ3) is 4.44. The summed E-state index contributed by atoms with van der Waals surface area (Å²) >= 11 is 6.34. The Kier molecular flexibility index (Phi) is 5.56. The molecule has 5 nitrogen and oxygen atoms in total. The number of esters is 1. The second-order valence-corrected chi connectivity index (χ2v) is 5.33. The predicted molar refractivity (Wildman–Crippen MR) is 87.7 cm³/mol. The fourth-order valence-electron chi connectivity index (χ4n) is 2.01. The molecule has 0 aliphatic rings. The topological polar surface area (TPSA) is 67.9 Å². The molecular formula is C17H16ClN3O2. The summed E-state index contributed by atoms with van der Waals surface area (Å²) in [6.07, 6.45) is 2.01. The molecule has 0 unspecified atom stereocenters. The van der Waals surface area contributed by atoms with Crippen LogP contribution in [0.3, 0.4) is 0 Å². The Morgan fingerprint density at radius 1 is 1.48 bits per heavy atom. The molecule has 0 fully saturated rings. The maximum atomic E-state index is 11.6. The molecule has 0 radical (unpaired) electrons. The van der Waals surface area contributed by atoms with E-state index in [4.69, 9.17) is 21.6 Å². The molecule has 0 amide bonds. The summed E-state index contributed by atoms with van der Waals surface area (Å²) in [5.74, 6) is -0.592. The van der Waals surface area contributed by atoms with Crippen LogP contribution in [0, 0.1) is 18.3 Å². The number of rotatable bonds is 5. The lowest BCUT2D eigenvalue weighted by Gasteiger charge is -2.03. The molecule has 1 aromatic carbocycles.